The summed E-state index contributed by atoms with van der Waals surface area (Å²) in [5, 5.41) is 25.5. The van der Waals surface area contributed by atoms with E-state index in [-0.39, 0.29) is 0 Å². The molecule has 0 fully saturated rings. The van der Waals surface area contributed by atoms with Crippen molar-refractivity contribution in [2.75, 3.05) is 0 Å². The molecule has 8 aromatic carbocycles. The fourth-order valence-electron chi connectivity index (χ4n) is 9.36. The number of aryl methyl sites for hydroxylation is 5. The zero-order valence-corrected chi connectivity index (χ0v) is 33.7. The lowest BCUT2D eigenvalue weighted by Crippen LogP contribution is -2.04. The Kier molecular flexibility index (Phi) is 8.34. The maximum Gasteiger partial charge on any atom is 0.101 e. The van der Waals surface area contributed by atoms with E-state index in [0.29, 0.717) is 11.1 Å². The average molecular weight is 757 g/mol. The summed E-state index contributed by atoms with van der Waals surface area (Å²) in [7, 11) is 0. The van der Waals surface area contributed by atoms with Crippen LogP contribution in [0.15, 0.2) is 152 Å². The maximum atomic E-state index is 11.1. The van der Waals surface area contributed by atoms with Crippen LogP contribution in [-0.4, -0.2) is 9.13 Å². The maximum absolute atomic E-state index is 11.1. The number of benzene rings is 8. The van der Waals surface area contributed by atoms with E-state index in [1.54, 1.807) is 0 Å². The van der Waals surface area contributed by atoms with E-state index < -0.39 is 0 Å². The highest BCUT2D eigenvalue weighted by Crippen LogP contribution is 2.43. The molecule has 0 aliphatic rings. The van der Waals surface area contributed by atoms with Crippen molar-refractivity contribution in [2.45, 2.75) is 34.6 Å². The van der Waals surface area contributed by atoms with Gasteiger partial charge in [0.2, 0.25) is 0 Å². The first-order valence-electron chi connectivity index (χ1n) is 20.0. The normalized spacial score (nSPS) is 11.4. The third-order valence-corrected chi connectivity index (χ3v) is 12.1. The van der Waals surface area contributed by atoms with Crippen molar-refractivity contribution in [2.24, 2.45) is 0 Å². The predicted molar refractivity (Wildman–Crippen MR) is 245 cm³/mol. The van der Waals surface area contributed by atoms with E-state index in [2.05, 4.69) is 195 Å². The van der Waals surface area contributed by atoms with Gasteiger partial charge in [-0.1, -0.05) is 102 Å². The van der Waals surface area contributed by atoms with Crippen LogP contribution in [0.25, 0.3) is 88.4 Å². The second-order valence-electron chi connectivity index (χ2n) is 15.9. The first kappa shape index (κ1) is 35.7. The number of rotatable bonds is 5. The standard InChI is InChI=1S/C55H40N4/c1-33-14-19-42(35(3)24-33)39-17-22-52-47(27-39)45-10-6-8-12-50(45)58(52)54-30-49(44-21-16-38(31-56)26-37(44)5)55(29-41(54)32-57)59-51-13-9-7-11-46(51)48-28-40(18-23-53(48)59)43-20-15-34(2)25-36(43)4/h6-30H,1-5H3. The van der Waals surface area contributed by atoms with Crippen LogP contribution in [0.2, 0.25) is 0 Å². The molecule has 10 rings (SSSR count). The zero-order chi connectivity index (χ0) is 40.5. The van der Waals surface area contributed by atoms with Crippen LogP contribution in [0.3, 0.4) is 0 Å². The number of nitriles is 2. The molecule has 0 N–H and O–H groups in total. The van der Waals surface area contributed by atoms with Gasteiger partial charge >= 0.3 is 0 Å². The molecule has 0 amide bonds. The predicted octanol–water partition coefficient (Wildman–Crippen LogP) is 14.2. The molecule has 4 heteroatoms. The van der Waals surface area contributed by atoms with Gasteiger partial charge < -0.3 is 9.13 Å². The number of nitrogens with zero attached hydrogens (tertiary/aromatic N) is 4. The Bertz CT molecular complexity index is 3470. The van der Waals surface area contributed by atoms with Crippen molar-refractivity contribution in [3.8, 4) is 56.9 Å². The van der Waals surface area contributed by atoms with Gasteiger partial charge in [-0.15, -0.1) is 0 Å². The molecule has 280 valence electrons. The third kappa shape index (κ3) is 5.73. The molecule has 0 saturated carbocycles. The van der Waals surface area contributed by atoms with Crippen molar-refractivity contribution in [3.05, 3.63) is 191 Å². The van der Waals surface area contributed by atoms with Crippen LogP contribution < -0.4 is 0 Å². The Morgan fingerprint density at radius 1 is 0.373 bits per heavy atom. The summed E-state index contributed by atoms with van der Waals surface area (Å²) < 4.78 is 4.57. The second-order valence-corrected chi connectivity index (χ2v) is 15.9. The van der Waals surface area contributed by atoms with Crippen molar-refractivity contribution in [1.29, 1.82) is 10.5 Å². The van der Waals surface area contributed by atoms with Gasteiger partial charge in [0.15, 0.2) is 0 Å². The minimum atomic E-state index is 0.564. The topological polar surface area (TPSA) is 57.4 Å². The van der Waals surface area contributed by atoms with E-state index in [1.165, 1.54) is 38.9 Å². The Morgan fingerprint density at radius 3 is 1.37 bits per heavy atom. The lowest BCUT2D eigenvalue weighted by molar-refractivity contribution is 1.13. The summed E-state index contributed by atoms with van der Waals surface area (Å²) in [5.41, 5.74) is 19.7. The summed E-state index contributed by atoms with van der Waals surface area (Å²) in [4.78, 5) is 0. The zero-order valence-electron chi connectivity index (χ0n) is 33.7. The molecule has 0 spiro atoms. The molecule has 10 aromatic rings. The average Bonchev–Trinajstić information content (AvgIpc) is 3.75. The number of hydrogen-bond donors (Lipinski definition) is 0. The van der Waals surface area contributed by atoms with Crippen LogP contribution in [0, 0.1) is 57.3 Å². The molecular weight excluding hydrogens is 717 g/mol. The highest BCUT2D eigenvalue weighted by molar-refractivity contribution is 6.12. The first-order valence-corrected chi connectivity index (χ1v) is 20.0. The van der Waals surface area contributed by atoms with Gasteiger partial charge in [-0.2, -0.15) is 10.5 Å². The summed E-state index contributed by atoms with van der Waals surface area (Å²) in [6.45, 7) is 10.7. The second kappa shape index (κ2) is 13.8. The smallest absolute Gasteiger partial charge is 0.101 e. The Labute approximate surface area is 344 Å². The molecule has 4 nitrogen and oxygen atoms in total. The summed E-state index contributed by atoms with van der Waals surface area (Å²) in [5.74, 6) is 0. The SMILES string of the molecule is Cc1ccc(-c2ccc3c(c2)c2ccccc2n3-c2cc(-c3ccc(C#N)cc3C)c(-n3c4ccccc4c4cc(-c5ccc(C)cc5C)ccc43)cc2C#N)c(C)c1. The molecule has 0 unspecified atom stereocenters. The van der Waals surface area contributed by atoms with Gasteiger partial charge in [0.25, 0.3) is 0 Å². The lowest BCUT2D eigenvalue weighted by Gasteiger charge is -2.20. The van der Waals surface area contributed by atoms with Crippen molar-refractivity contribution in [3.63, 3.8) is 0 Å². The molecule has 0 aliphatic heterocycles. The molecule has 0 saturated heterocycles. The van der Waals surface area contributed by atoms with Crippen LogP contribution in [0.5, 0.6) is 0 Å². The summed E-state index contributed by atoms with van der Waals surface area (Å²) in [6.07, 6.45) is 0. The Hall–Kier alpha value is -7.66. The Balaban J connectivity index is 1.27. The van der Waals surface area contributed by atoms with E-state index in [0.717, 1.165) is 77.2 Å². The largest absolute Gasteiger partial charge is 0.309 e. The first-order chi connectivity index (χ1) is 28.7. The van der Waals surface area contributed by atoms with Gasteiger partial charge in [-0.05, 0) is 140 Å². The molecule has 0 aliphatic carbocycles. The van der Waals surface area contributed by atoms with Gasteiger partial charge in [0, 0.05) is 27.1 Å². The molecule has 2 heterocycles. The van der Waals surface area contributed by atoms with Crippen LogP contribution in [0.1, 0.15) is 38.9 Å². The fourth-order valence-corrected chi connectivity index (χ4v) is 9.36. The van der Waals surface area contributed by atoms with Crippen LogP contribution >= 0.6 is 0 Å². The van der Waals surface area contributed by atoms with Crippen molar-refractivity contribution in [1.82, 2.24) is 9.13 Å². The molecule has 0 atom stereocenters. The lowest BCUT2D eigenvalue weighted by atomic mass is 9.94. The van der Waals surface area contributed by atoms with E-state index in [1.807, 2.05) is 12.1 Å². The Morgan fingerprint density at radius 2 is 0.864 bits per heavy atom. The summed E-state index contributed by atoms with van der Waals surface area (Å²) >= 11 is 0. The molecular formula is C55H40N4. The van der Waals surface area contributed by atoms with Crippen molar-refractivity contribution < 1.29 is 0 Å². The van der Waals surface area contributed by atoms with Crippen LogP contribution in [0.4, 0.5) is 0 Å². The van der Waals surface area contributed by atoms with Crippen molar-refractivity contribution >= 4 is 43.6 Å². The van der Waals surface area contributed by atoms with Gasteiger partial charge in [-0.3, -0.25) is 0 Å². The quantitative estimate of drug-likeness (QED) is 0.176. The molecule has 0 radical (unpaired) electrons. The molecule has 0 bridgehead atoms. The number of hydrogen-bond acceptors (Lipinski definition) is 2. The van der Waals surface area contributed by atoms with Gasteiger partial charge in [0.05, 0.1) is 50.6 Å². The highest BCUT2D eigenvalue weighted by atomic mass is 15.0. The number of para-hydroxylation sites is 2. The van der Waals surface area contributed by atoms with E-state index >= 15 is 0 Å². The fraction of sp³-hybridized carbons (Fsp3) is 0.0909. The van der Waals surface area contributed by atoms with Gasteiger partial charge in [-0.25, -0.2) is 0 Å². The molecule has 2 aromatic heterocycles. The monoisotopic (exact) mass is 756 g/mol. The van der Waals surface area contributed by atoms with E-state index in [4.69, 9.17) is 0 Å². The number of fused-ring (bicyclic) bond motifs is 6. The minimum absolute atomic E-state index is 0.564. The third-order valence-electron chi connectivity index (χ3n) is 12.1. The summed E-state index contributed by atoms with van der Waals surface area (Å²) in [6, 6.07) is 58.8. The molecule has 59 heavy (non-hydrogen) atoms. The number of aromatic nitrogens is 2. The minimum Gasteiger partial charge on any atom is -0.309 e. The van der Waals surface area contributed by atoms with Crippen LogP contribution in [-0.2, 0) is 0 Å². The van der Waals surface area contributed by atoms with E-state index in [9.17, 15) is 10.5 Å². The highest BCUT2D eigenvalue weighted by Gasteiger charge is 2.23. The van der Waals surface area contributed by atoms with Gasteiger partial charge in [0.1, 0.15) is 6.07 Å².